The zero-order valence-electron chi connectivity index (χ0n) is 24.8. The quantitative estimate of drug-likeness (QED) is 0.303. The standard InChI is InChI=1S/C15H22N2O4S.C7H8.C4H8O.C2H6O.C2H6/c1-11(2)9-17(10-12(18)8-16-15(19)20)22-14-6-4-13(21-3)5-7-14;1-7-5-3-2-4-6-7;1-2-4-5-3-1;1-2-3;1-2/h4-7,11,16H,8-10H2,1-3H3,(H,19,20);2-6H,1H3;1-4H2;3H,2H2,1H3;1-2H3. The van der Waals surface area contributed by atoms with Crippen molar-refractivity contribution in [3.63, 3.8) is 0 Å². The average molecular weight is 567 g/mol. The Balaban J connectivity index is 0. The second kappa shape index (κ2) is 27.0. The molecule has 2 aromatic carbocycles. The molecule has 1 fully saturated rings. The fourth-order valence-electron chi connectivity index (χ4n) is 2.80. The number of aliphatic hydroxyl groups excluding tert-OH is 1. The van der Waals surface area contributed by atoms with Crippen LogP contribution in [0.25, 0.3) is 0 Å². The third kappa shape index (κ3) is 25.4. The number of hydrogen-bond acceptors (Lipinski definition) is 7. The van der Waals surface area contributed by atoms with Gasteiger partial charge in [0.2, 0.25) is 0 Å². The number of aryl methyl sites for hydroxylation is 1. The number of carbonyl (C=O) groups is 2. The van der Waals surface area contributed by atoms with E-state index in [1.807, 2.05) is 60.6 Å². The molecule has 9 heteroatoms. The predicted octanol–water partition coefficient (Wildman–Crippen LogP) is 6.31. The van der Waals surface area contributed by atoms with Gasteiger partial charge in [-0.05, 0) is 68.8 Å². The summed E-state index contributed by atoms with van der Waals surface area (Å²) in [6, 6.07) is 17.8. The second-order valence-corrected chi connectivity index (χ2v) is 9.64. The van der Waals surface area contributed by atoms with Gasteiger partial charge in [-0.25, -0.2) is 9.10 Å². The number of ether oxygens (including phenoxy) is 2. The van der Waals surface area contributed by atoms with Crippen molar-refractivity contribution in [3.05, 3.63) is 60.2 Å². The Morgan fingerprint density at radius 2 is 1.59 bits per heavy atom. The highest BCUT2D eigenvalue weighted by Crippen LogP contribution is 2.25. The first-order valence-electron chi connectivity index (χ1n) is 13.5. The highest BCUT2D eigenvalue weighted by Gasteiger charge is 2.14. The van der Waals surface area contributed by atoms with E-state index in [9.17, 15) is 9.59 Å². The molecule has 1 amide bonds. The smallest absolute Gasteiger partial charge is 0.405 e. The molecule has 0 saturated carbocycles. The normalized spacial score (nSPS) is 11.3. The molecule has 0 radical (unpaired) electrons. The minimum absolute atomic E-state index is 0.163. The van der Waals surface area contributed by atoms with E-state index in [0.717, 1.165) is 30.4 Å². The summed E-state index contributed by atoms with van der Waals surface area (Å²) < 4.78 is 12.0. The van der Waals surface area contributed by atoms with Gasteiger partial charge in [0.25, 0.3) is 0 Å². The van der Waals surface area contributed by atoms with Crippen molar-refractivity contribution < 1.29 is 29.3 Å². The Morgan fingerprint density at radius 1 is 1.05 bits per heavy atom. The molecular weight excluding hydrogens is 516 g/mol. The summed E-state index contributed by atoms with van der Waals surface area (Å²) in [6.45, 7) is 14.9. The predicted molar refractivity (Wildman–Crippen MR) is 162 cm³/mol. The lowest BCUT2D eigenvalue weighted by molar-refractivity contribution is -0.118. The lowest BCUT2D eigenvalue weighted by atomic mass is 10.2. The molecule has 1 heterocycles. The van der Waals surface area contributed by atoms with Crippen molar-refractivity contribution in [2.45, 2.75) is 59.3 Å². The monoisotopic (exact) mass is 566 g/mol. The van der Waals surface area contributed by atoms with Gasteiger partial charge in [0, 0.05) is 31.3 Å². The van der Waals surface area contributed by atoms with E-state index in [1.54, 1.807) is 14.0 Å². The van der Waals surface area contributed by atoms with E-state index in [0.29, 0.717) is 5.92 Å². The summed E-state index contributed by atoms with van der Waals surface area (Å²) in [5.41, 5.74) is 1.32. The zero-order valence-corrected chi connectivity index (χ0v) is 25.6. The molecule has 0 atom stereocenters. The molecule has 0 aliphatic carbocycles. The number of ketones is 1. The molecule has 3 N–H and O–H groups in total. The Kier molecular flexibility index (Phi) is 26.7. The Labute approximate surface area is 240 Å². The zero-order chi connectivity index (χ0) is 29.9. The molecule has 2 aromatic rings. The van der Waals surface area contributed by atoms with Gasteiger partial charge in [-0.2, -0.15) is 0 Å². The van der Waals surface area contributed by atoms with E-state index in [4.69, 9.17) is 19.7 Å². The van der Waals surface area contributed by atoms with Gasteiger partial charge in [-0.1, -0.05) is 63.6 Å². The third-order valence-electron chi connectivity index (χ3n) is 4.42. The van der Waals surface area contributed by atoms with E-state index in [2.05, 4.69) is 38.2 Å². The molecule has 39 heavy (non-hydrogen) atoms. The molecule has 8 nitrogen and oxygen atoms in total. The SMILES string of the molecule is C1CCOC1.CC.CCO.COc1ccc(SN(CC(=O)CNC(=O)O)CC(C)C)cc1.Cc1ccccc1. The number of benzene rings is 2. The van der Waals surface area contributed by atoms with Gasteiger partial charge < -0.3 is 25.0 Å². The van der Waals surface area contributed by atoms with Crippen molar-refractivity contribution in [3.8, 4) is 5.75 Å². The summed E-state index contributed by atoms with van der Waals surface area (Å²) in [4.78, 5) is 23.3. The lowest BCUT2D eigenvalue weighted by Gasteiger charge is -2.22. The van der Waals surface area contributed by atoms with Gasteiger partial charge in [-0.3, -0.25) is 4.79 Å². The summed E-state index contributed by atoms with van der Waals surface area (Å²) in [7, 11) is 1.61. The first-order chi connectivity index (χ1) is 18.7. The molecule has 1 aliphatic heterocycles. The Hall–Kier alpha value is -2.59. The number of nitrogens with one attached hydrogen (secondary N) is 1. The number of amides is 1. The van der Waals surface area contributed by atoms with Gasteiger partial charge in [0.05, 0.1) is 20.2 Å². The maximum absolute atomic E-state index is 11.8. The van der Waals surface area contributed by atoms with Crippen LogP contribution in [0.5, 0.6) is 5.75 Å². The Morgan fingerprint density at radius 3 is 1.95 bits per heavy atom. The van der Waals surface area contributed by atoms with E-state index >= 15 is 0 Å². The van der Waals surface area contributed by atoms with Crippen LogP contribution in [-0.2, 0) is 9.53 Å². The topological polar surface area (TPSA) is 108 Å². The highest BCUT2D eigenvalue weighted by atomic mass is 32.2. The Bertz CT molecular complexity index is 823. The minimum Gasteiger partial charge on any atom is -0.497 e. The van der Waals surface area contributed by atoms with E-state index in [1.165, 1.54) is 30.4 Å². The van der Waals surface area contributed by atoms with Crippen molar-refractivity contribution in [1.82, 2.24) is 9.62 Å². The van der Waals surface area contributed by atoms with Crippen molar-refractivity contribution in [2.75, 3.05) is 46.6 Å². The number of methoxy groups -OCH3 is 1. The van der Waals surface area contributed by atoms with Crippen LogP contribution in [0.4, 0.5) is 4.79 Å². The van der Waals surface area contributed by atoms with Gasteiger partial charge in [0.1, 0.15) is 5.75 Å². The summed E-state index contributed by atoms with van der Waals surface area (Å²) in [6.07, 6.45) is 1.37. The van der Waals surface area contributed by atoms with Gasteiger partial charge in [-0.15, -0.1) is 0 Å². The molecule has 0 bridgehead atoms. The van der Waals surface area contributed by atoms with E-state index < -0.39 is 6.09 Å². The van der Waals surface area contributed by atoms with Crippen LogP contribution in [0, 0.1) is 12.8 Å². The summed E-state index contributed by atoms with van der Waals surface area (Å²) in [5.74, 6) is 1.01. The summed E-state index contributed by atoms with van der Waals surface area (Å²) >= 11 is 1.48. The van der Waals surface area contributed by atoms with Crippen LogP contribution >= 0.6 is 11.9 Å². The van der Waals surface area contributed by atoms with Crippen LogP contribution in [0.15, 0.2) is 59.5 Å². The highest BCUT2D eigenvalue weighted by molar-refractivity contribution is 7.97. The van der Waals surface area contributed by atoms with Crippen molar-refractivity contribution >= 4 is 23.8 Å². The van der Waals surface area contributed by atoms with Crippen LogP contribution in [0.3, 0.4) is 0 Å². The number of carboxylic acid groups (broad SMARTS) is 1. The number of nitrogens with zero attached hydrogens (tertiary/aromatic N) is 1. The van der Waals surface area contributed by atoms with Gasteiger partial charge in [0.15, 0.2) is 5.78 Å². The van der Waals surface area contributed by atoms with Crippen LogP contribution in [-0.4, -0.2) is 73.0 Å². The average Bonchev–Trinajstić information content (AvgIpc) is 3.51. The maximum atomic E-state index is 11.8. The molecule has 0 aromatic heterocycles. The number of rotatable bonds is 9. The lowest BCUT2D eigenvalue weighted by Crippen LogP contribution is -2.35. The fourth-order valence-corrected chi connectivity index (χ4v) is 3.94. The van der Waals surface area contributed by atoms with Crippen LogP contribution in [0.1, 0.15) is 53.0 Å². The fraction of sp³-hybridized carbons (Fsp3) is 0.533. The number of Topliss-reactive ketones (excluding diaryl/α,β-unsaturated/α-hetero) is 1. The number of aliphatic hydroxyl groups is 1. The molecule has 0 spiro atoms. The minimum atomic E-state index is -1.19. The largest absolute Gasteiger partial charge is 0.497 e. The van der Waals surface area contributed by atoms with Gasteiger partial charge >= 0.3 is 6.09 Å². The van der Waals surface area contributed by atoms with E-state index in [-0.39, 0.29) is 25.5 Å². The molecule has 222 valence electrons. The molecular formula is C30H50N2O6S. The molecule has 0 unspecified atom stereocenters. The van der Waals surface area contributed by atoms with Crippen LogP contribution in [0.2, 0.25) is 0 Å². The molecule has 1 saturated heterocycles. The number of carbonyl (C=O) groups excluding carboxylic acids is 1. The van der Waals surface area contributed by atoms with Crippen molar-refractivity contribution in [1.29, 1.82) is 0 Å². The van der Waals surface area contributed by atoms with Crippen molar-refractivity contribution in [2.24, 2.45) is 5.92 Å². The second-order valence-electron chi connectivity index (χ2n) is 8.47. The molecule has 1 aliphatic rings. The first kappa shape index (κ1) is 38.6. The first-order valence-corrected chi connectivity index (χ1v) is 14.2. The molecule has 3 rings (SSSR count). The third-order valence-corrected chi connectivity index (χ3v) is 5.44. The maximum Gasteiger partial charge on any atom is 0.405 e. The summed E-state index contributed by atoms with van der Waals surface area (Å²) in [5, 5.41) is 18.2. The number of hydrogen-bond donors (Lipinski definition) is 3. The van der Waals surface area contributed by atoms with Crippen LogP contribution < -0.4 is 10.1 Å².